The van der Waals surface area contributed by atoms with Gasteiger partial charge in [-0.15, -0.1) is 0 Å². The SMILES string of the molecule is CCCCCCC(C)OCc1ccccc1CNC1CC1. The second-order valence-corrected chi connectivity index (χ2v) is 6.39. The van der Waals surface area contributed by atoms with Gasteiger partial charge in [-0.2, -0.15) is 0 Å². The van der Waals surface area contributed by atoms with Gasteiger partial charge in [0.15, 0.2) is 0 Å². The van der Waals surface area contributed by atoms with Crippen molar-refractivity contribution in [2.45, 2.75) is 84.1 Å². The number of benzene rings is 1. The van der Waals surface area contributed by atoms with Gasteiger partial charge in [-0.05, 0) is 37.3 Å². The highest BCUT2D eigenvalue weighted by Crippen LogP contribution is 2.20. The van der Waals surface area contributed by atoms with Gasteiger partial charge in [-0.3, -0.25) is 0 Å². The summed E-state index contributed by atoms with van der Waals surface area (Å²) in [5.41, 5.74) is 2.73. The number of hydrogen-bond acceptors (Lipinski definition) is 2. The molecule has 0 radical (unpaired) electrons. The molecule has 2 heteroatoms. The summed E-state index contributed by atoms with van der Waals surface area (Å²) < 4.78 is 6.04. The van der Waals surface area contributed by atoms with Gasteiger partial charge in [0.2, 0.25) is 0 Å². The van der Waals surface area contributed by atoms with Crippen molar-refractivity contribution in [3.8, 4) is 0 Å². The average Bonchev–Trinajstić information content (AvgIpc) is 3.32. The van der Waals surface area contributed by atoms with E-state index in [0.717, 1.165) is 19.2 Å². The summed E-state index contributed by atoms with van der Waals surface area (Å²) in [6.45, 7) is 6.19. The maximum Gasteiger partial charge on any atom is 0.0723 e. The molecule has 1 aromatic rings. The first kappa shape index (κ1) is 16.5. The van der Waals surface area contributed by atoms with Crippen molar-refractivity contribution >= 4 is 0 Å². The lowest BCUT2D eigenvalue weighted by Gasteiger charge is -2.15. The molecule has 2 rings (SSSR count). The smallest absolute Gasteiger partial charge is 0.0723 e. The van der Waals surface area contributed by atoms with Gasteiger partial charge >= 0.3 is 0 Å². The third-order valence-electron chi connectivity index (χ3n) is 4.26. The molecular weight excluding hydrogens is 258 g/mol. The maximum absolute atomic E-state index is 6.04. The van der Waals surface area contributed by atoms with Gasteiger partial charge in [-0.25, -0.2) is 0 Å². The Bertz CT molecular complexity index is 400. The Balaban J connectivity index is 1.70. The molecule has 1 saturated carbocycles. The predicted molar refractivity (Wildman–Crippen MR) is 89.3 cm³/mol. The van der Waals surface area contributed by atoms with Crippen molar-refractivity contribution in [1.82, 2.24) is 5.32 Å². The van der Waals surface area contributed by atoms with Crippen LogP contribution in [0.5, 0.6) is 0 Å². The van der Waals surface area contributed by atoms with E-state index in [4.69, 9.17) is 4.74 Å². The summed E-state index contributed by atoms with van der Waals surface area (Å²) >= 11 is 0. The minimum Gasteiger partial charge on any atom is -0.374 e. The first-order valence-corrected chi connectivity index (χ1v) is 8.71. The summed E-state index contributed by atoms with van der Waals surface area (Å²) in [4.78, 5) is 0. The van der Waals surface area contributed by atoms with Gasteiger partial charge in [0.05, 0.1) is 12.7 Å². The summed E-state index contributed by atoms with van der Waals surface area (Å²) in [5.74, 6) is 0. The third kappa shape index (κ3) is 6.62. The number of ether oxygens (including phenoxy) is 1. The Morgan fingerprint density at radius 3 is 2.62 bits per heavy atom. The first-order chi connectivity index (χ1) is 10.3. The third-order valence-corrected chi connectivity index (χ3v) is 4.26. The van der Waals surface area contributed by atoms with Crippen LogP contribution in [0.2, 0.25) is 0 Å². The molecule has 1 atom stereocenters. The van der Waals surface area contributed by atoms with Crippen LogP contribution < -0.4 is 5.32 Å². The highest BCUT2D eigenvalue weighted by molar-refractivity contribution is 5.26. The molecule has 0 bridgehead atoms. The Morgan fingerprint density at radius 2 is 1.90 bits per heavy atom. The summed E-state index contributed by atoms with van der Waals surface area (Å²) in [6, 6.07) is 9.43. The van der Waals surface area contributed by atoms with E-state index >= 15 is 0 Å². The van der Waals surface area contributed by atoms with Crippen molar-refractivity contribution in [2.24, 2.45) is 0 Å². The largest absolute Gasteiger partial charge is 0.374 e. The first-order valence-electron chi connectivity index (χ1n) is 8.71. The Hall–Kier alpha value is -0.860. The quantitative estimate of drug-likeness (QED) is 0.590. The van der Waals surface area contributed by atoms with E-state index in [1.165, 1.54) is 56.1 Å². The summed E-state index contributed by atoms with van der Waals surface area (Å²) in [5, 5.41) is 3.59. The van der Waals surface area contributed by atoms with Crippen LogP contribution in [0.15, 0.2) is 24.3 Å². The van der Waals surface area contributed by atoms with E-state index in [1.807, 2.05) is 0 Å². The van der Waals surface area contributed by atoms with Crippen molar-refractivity contribution in [1.29, 1.82) is 0 Å². The molecule has 21 heavy (non-hydrogen) atoms. The fraction of sp³-hybridized carbons (Fsp3) is 0.684. The molecule has 0 amide bonds. The second-order valence-electron chi connectivity index (χ2n) is 6.39. The number of hydrogen-bond donors (Lipinski definition) is 1. The van der Waals surface area contributed by atoms with Gasteiger partial charge in [0.1, 0.15) is 0 Å². The van der Waals surface area contributed by atoms with Gasteiger partial charge in [0, 0.05) is 12.6 Å². The van der Waals surface area contributed by atoms with Crippen LogP contribution >= 0.6 is 0 Å². The van der Waals surface area contributed by atoms with E-state index in [9.17, 15) is 0 Å². The summed E-state index contributed by atoms with van der Waals surface area (Å²) in [7, 11) is 0. The Labute approximate surface area is 130 Å². The molecule has 0 heterocycles. The topological polar surface area (TPSA) is 21.3 Å². The average molecular weight is 289 g/mol. The number of rotatable bonds is 11. The minimum absolute atomic E-state index is 0.367. The van der Waals surface area contributed by atoms with Crippen LogP contribution in [0, 0.1) is 0 Å². The van der Waals surface area contributed by atoms with E-state index < -0.39 is 0 Å². The highest BCUT2D eigenvalue weighted by Gasteiger charge is 2.20. The standard InChI is InChI=1S/C19H31NO/c1-3-4-5-6-9-16(2)21-15-18-11-8-7-10-17(18)14-20-19-12-13-19/h7-8,10-11,16,19-20H,3-6,9,12-15H2,1-2H3. The number of nitrogens with one attached hydrogen (secondary N) is 1. The summed E-state index contributed by atoms with van der Waals surface area (Å²) in [6.07, 6.45) is 9.51. The predicted octanol–water partition coefficient (Wildman–Crippen LogP) is 4.81. The molecule has 1 aliphatic rings. The van der Waals surface area contributed by atoms with Crippen molar-refractivity contribution < 1.29 is 4.74 Å². The molecule has 0 aromatic heterocycles. The van der Waals surface area contributed by atoms with Crippen LogP contribution in [-0.4, -0.2) is 12.1 Å². The molecule has 1 fully saturated rings. The fourth-order valence-electron chi connectivity index (χ4n) is 2.59. The Kier molecular flexibility index (Phi) is 7.25. The molecule has 1 unspecified atom stereocenters. The van der Waals surface area contributed by atoms with Crippen LogP contribution in [0.3, 0.4) is 0 Å². The van der Waals surface area contributed by atoms with Crippen LogP contribution in [0.1, 0.15) is 69.9 Å². The molecule has 0 aliphatic heterocycles. The lowest BCUT2D eigenvalue weighted by atomic mass is 10.1. The van der Waals surface area contributed by atoms with Crippen molar-refractivity contribution in [3.63, 3.8) is 0 Å². The number of unbranched alkanes of at least 4 members (excludes halogenated alkanes) is 3. The zero-order chi connectivity index (χ0) is 14.9. The van der Waals surface area contributed by atoms with E-state index in [1.54, 1.807) is 0 Å². The van der Waals surface area contributed by atoms with Crippen LogP contribution in [0.4, 0.5) is 0 Å². The maximum atomic E-state index is 6.04. The second kappa shape index (κ2) is 9.22. The zero-order valence-electron chi connectivity index (χ0n) is 13.7. The van der Waals surface area contributed by atoms with E-state index in [-0.39, 0.29) is 0 Å². The van der Waals surface area contributed by atoms with Crippen LogP contribution in [-0.2, 0) is 17.9 Å². The minimum atomic E-state index is 0.367. The monoisotopic (exact) mass is 289 g/mol. The molecule has 2 nitrogen and oxygen atoms in total. The lowest BCUT2D eigenvalue weighted by Crippen LogP contribution is -2.17. The van der Waals surface area contributed by atoms with Crippen LogP contribution in [0.25, 0.3) is 0 Å². The van der Waals surface area contributed by atoms with Crippen molar-refractivity contribution in [2.75, 3.05) is 0 Å². The van der Waals surface area contributed by atoms with Gasteiger partial charge in [0.25, 0.3) is 0 Å². The molecule has 0 spiro atoms. The zero-order valence-corrected chi connectivity index (χ0v) is 13.7. The molecule has 1 aromatic carbocycles. The van der Waals surface area contributed by atoms with Gasteiger partial charge < -0.3 is 10.1 Å². The molecule has 1 N–H and O–H groups in total. The molecule has 1 aliphatic carbocycles. The molecule has 0 saturated heterocycles. The fourth-order valence-corrected chi connectivity index (χ4v) is 2.59. The molecular formula is C19H31NO. The Morgan fingerprint density at radius 1 is 1.14 bits per heavy atom. The van der Waals surface area contributed by atoms with E-state index in [2.05, 4.69) is 43.4 Å². The highest BCUT2D eigenvalue weighted by atomic mass is 16.5. The molecule has 118 valence electrons. The normalized spacial score (nSPS) is 16.1. The van der Waals surface area contributed by atoms with E-state index in [0.29, 0.717) is 6.10 Å². The van der Waals surface area contributed by atoms with Crippen molar-refractivity contribution in [3.05, 3.63) is 35.4 Å². The van der Waals surface area contributed by atoms with Gasteiger partial charge in [-0.1, -0.05) is 56.9 Å². The lowest BCUT2D eigenvalue weighted by molar-refractivity contribution is 0.0454.